The molecular formula is C36H30N2O7. The summed E-state index contributed by atoms with van der Waals surface area (Å²) in [5, 5.41) is 0. The Morgan fingerprint density at radius 3 is 1.87 bits per heavy atom. The minimum atomic E-state index is -1.37. The van der Waals surface area contributed by atoms with Crippen LogP contribution < -0.4 is 5.76 Å². The van der Waals surface area contributed by atoms with E-state index in [9.17, 15) is 14.4 Å². The Morgan fingerprint density at radius 1 is 0.778 bits per heavy atom. The minimum absolute atomic E-state index is 0.240. The Morgan fingerprint density at radius 2 is 1.31 bits per heavy atom. The zero-order valence-electron chi connectivity index (χ0n) is 24.4. The number of rotatable bonds is 8. The number of fused-ring (bicyclic) bond motifs is 1. The van der Waals surface area contributed by atoms with Crippen LogP contribution in [0, 0.1) is 0 Å². The van der Waals surface area contributed by atoms with E-state index in [0.29, 0.717) is 22.6 Å². The molecule has 3 heterocycles. The molecule has 2 fully saturated rings. The van der Waals surface area contributed by atoms with Crippen LogP contribution in [0.4, 0.5) is 0 Å². The van der Waals surface area contributed by atoms with E-state index in [0.717, 1.165) is 11.1 Å². The number of benzene rings is 4. The quantitative estimate of drug-likeness (QED) is 0.169. The molecule has 0 bridgehead atoms. The number of nitrogens with zero attached hydrogens (tertiary/aromatic N) is 2. The first-order valence-corrected chi connectivity index (χ1v) is 14.7. The molecule has 2 unspecified atom stereocenters. The summed E-state index contributed by atoms with van der Waals surface area (Å²) < 4.78 is 24.8. The maximum atomic E-state index is 14.0. The molecular weight excluding hydrogens is 572 g/mol. The summed E-state index contributed by atoms with van der Waals surface area (Å²) in [7, 11) is 1.47. The van der Waals surface area contributed by atoms with Crippen LogP contribution in [0.15, 0.2) is 131 Å². The standard InChI is InChI=1S/C36H30N2O7/c1-42-28-22-27-30(38-29(23-14-6-2-7-15-23)32(45-36(38)41)26-20-12-5-13-21-26)33(39)37(27)34(43-28)35(40)44-31(24-16-8-3-9-17-24)25-18-10-4-11-19-25/h2-21,27-28,30-31,34H,22H2,1H3/t27?,28-,30?,34+/m0/s1. The lowest BCUT2D eigenvalue weighted by atomic mass is 9.88. The number of aromatic nitrogens is 1. The van der Waals surface area contributed by atoms with Crippen molar-refractivity contribution >= 4 is 11.9 Å². The summed E-state index contributed by atoms with van der Waals surface area (Å²) >= 11 is 0. The molecule has 0 radical (unpaired) electrons. The Kier molecular flexibility index (Phi) is 7.62. The molecule has 7 rings (SSSR count). The van der Waals surface area contributed by atoms with Crippen molar-refractivity contribution in [3.63, 3.8) is 0 Å². The number of oxazole rings is 1. The van der Waals surface area contributed by atoms with Gasteiger partial charge >= 0.3 is 11.7 Å². The second-order valence-electron chi connectivity index (χ2n) is 10.9. The van der Waals surface area contributed by atoms with Gasteiger partial charge in [-0.1, -0.05) is 121 Å². The lowest BCUT2D eigenvalue weighted by molar-refractivity contribution is -0.268. The SMILES string of the molecule is CO[C@@H]1CC2C(n3c(-c4ccccc4)c(-c4ccccc4)oc3=O)C(=O)N2[C@@H](C(=O)OC(c2ccccc2)c2ccccc2)O1. The van der Waals surface area contributed by atoms with Crippen LogP contribution in [0.2, 0.25) is 0 Å². The molecule has 45 heavy (non-hydrogen) atoms. The lowest BCUT2D eigenvalue weighted by Crippen LogP contribution is -2.71. The number of β-lactam (4-membered cyclic amide) rings is 1. The van der Waals surface area contributed by atoms with Crippen LogP contribution in [0.3, 0.4) is 0 Å². The number of hydrogen-bond donors (Lipinski definition) is 0. The molecule has 0 N–H and O–H groups in total. The molecule has 2 aliphatic heterocycles. The Balaban J connectivity index is 1.25. The topological polar surface area (TPSA) is 100 Å². The molecule has 1 aromatic heterocycles. The normalized spacial score (nSPS) is 20.8. The predicted molar refractivity (Wildman–Crippen MR) is 165 cm³/mol. The largest absolute Gasteiger partial charge is 0.449 e. The summed E-state index contributed by atoms with van der Waals surface area (Å²) in [6, 6.07) is 35.8. The van der Waals surface area contributed by atoms with Crippen molar-refractivity contribution in [1.29, 1.82) is 0 Å². The molecule has 0 saturated carbocycles. The van der Waals surface area contributed by atoms with E-state index in [-0.39, 0.29) is 6.42 Å². The summed E-state index contributed by atoms with van der Waals surface area (Å²) in [6.45, 7) is 0. The van der Waals surface area contributed by atoms with Crippen molar-refractivity contribution in [3.05, 3.63) is 143 Å². The van der Waals surface area contributed by atoms with E-state index in [4.69, 9.17) is 18.6 Å². The van der Waals surface area contributed by atoms with Gasteiger partial charge in [0.15, 0.2) is 18.2 Å². The van der Waals surface area contributed by atoms with Gasteiger partial charge in [0.05, 0.1) is 11.7 Å². The predicted octanol–water partition coefficient (Wildman–Crippen LogP) is 5.58. The second kappa shape index (κ2) is 12.0. The summed E-state index contributed by atoms with van der Waals surface area (Å²) in [6.07, 6.45) is -2.68. The van der Waals surface area contributed by atoms with Crippen molar-refractivity contribution < 1.29 is 28.2 Å². The molecule has 0 aliphatic carbocycles. The Bertz CT molecular complexity index is 1820. The van der Waals surface area contributed by atoms with Crippen molar-refractivity contribution in [2.24, 2.45) is 0 Å². The number of methoxy groups -OCH3 is 1. The highest BCUT2D eigenvalue weighted by molar-refractivity contribution is 5.93. The van der Waals surface area contributed by atoms with Crippen LogP contribution in [-0.4, -0.2) is 47.0 Å². The number of ether oxygens (including phenoxy) is 3. The molecule has 4 aromatic carbocycles. The third-order valence-electron chi connectivity index (χ3n) is 8.30. The number of carbonyl (C=O) groups excluding carboxylic acids is 2. The van der Waals surface area contributed by atoms with Crippen molar-refractivity contribution in [2.75, 3.05) is 7.11 Å². The third kappa shape index (κ3) is 5.16. The van der Waals surface area contributed by atoms with Gasteiger partial charge in [0.25, 0.3) is 5.91 Å². The molecule has 9 heteroatoms. The maximum Gasteiger partial charge on any atom is 0.420 e. The van der Waals surface area contributed by atoms with E-state index in [1.807, 2.05) is 121 Å². The van der Waals surface area contributed by atoms with E-state index >= 15 is 0 Å². The van der Waals surface area contributed by atoms with Gasteiger partial charge in [-0.2, -0.15) is 0 Å². The molecule has 1 amide bonds. The fraction of sp³-hybridized carbons (Fsp3) is 0.194. The molecule has 9 nitrogen and oxygen atoms in total. The van der Waals surface area contributed by atoms with E-state index in [2.05, 4.69) is 0 Å². The van der Waals surface area contributed by atoms with Crippen LogP contribution in [0.5, 0.6) is 0 Å². The molecule has 4 atom stereocenters. The number of amides is 1. The summed E-state index contributed by atoms with van der Waals surface area (Å²) in [5.41, 5.74) is 3.44. The van der Waals surface area contributed by atoms with Crippen LogP contribution >= 0.6 is 0 Å². The molecule has 2 aliphatic rings. The molecule has 2 saturated heterocycles. The van der Waals surface area contributed by atoms with Gasteiger partial charge in [-0.15, -0.1) is 0 Å². The van der Waals surface area contributed by atoms with Gasteiger partial charge in [-0.3, -0.25) is 14.3 Å². The average molecular weight is 603 g/mol. The van der Waals surface area contributed by atoms with Crippen molar-refractivity contribution in [2.45, 2.75) is 37.1 Å². The first-order valence-electron chi connectivity index (χ1n) is 14.7. The number of esters is 1. The zero-order valence-corrected chi connectivity index (χ0v) is 24.4. The van der Waals surface area contributed by atoms with E-state index in [1.165, 1.54) is 16.6 Å². The lowest BCUT2D eigenvalue weighted by Gasteiger charge is -2.53. The third-order valence-corrected chi connectivity index (χ3v) is 8.30. The van der Waals surface area contributed by atoms with Gasteiger partial charge in [0.2, 0.25) is 6.23 Å². The van der Waals surface area contributed by atoms with Gasteiger partial charge in [-0.05, 0) is 11.1 Å². The summed E-state index contributed by atoms with van der Waals surface area (Å²) in [4.78, 5) is 42.8. The van der Waals surface area contributed by atoms with Crippen LogP contribution in [0.1, 0.15) is 29.7 Å². The maximum absolute atomic E-state index is 14.0. The average Bonchev–Trinajstić information content (AvgIpc) is 3.43. The van der Waals surface area contributed by atoms with Crippen molar-refractivity contribution in [1.82, 2.24) is 9.47 Å². The van der Waals surface area contributed by atoms with E-state index < -0.39 is 48.3 Å². The van der Waals surface area contributed by atoms with Gasteiger partial charge in [-0.25, -0.2) is 9.59 Å². The highest BCUT2D eigenvalue weighted by atomic mass is 16.7. The zero-order chi connectivity index (χ0) is 30.9. The van der Waals surface area contributed by atoms with Gasteiger partial charge < -0.3 is 18.6 Å². The highest BCUT2D eigenvalue weighted by Gasteiger charge is 2.59. The monoisotopic (exact) mass is 602 g/mol. The first kappa shape index (κ1) is 28.5. The molecule has 5 aromatic rings. The van der Waals surface area contributed by atoms with Gasteiger partial charge in [0, 0.05) is 24.7 Å². The Labute approximate surface area is 259 Å². The molecule has 226 valence electrons. The fourth-order valence-electron chi connectivity index (χ4n) is 6.20. The van der Waals surface area contributed by atoms with Crippen LogP contribution in [-0.2, 0) is 23.8 Å². The van der Waals surface area contributed by atoms with Crippen LogP contribution in [0.25, 0.3) is 22.6 Å². The number of hydrogen-bond acceptors (Lipinski definition) is 7. The van der Waals surface area contributed by atoms with Crippen molar-refractivity contribution in [3.8, 4) is 22.6 Å². The molecule has 0 spiro atoms. The second-order valence-corrected chi connectivity index (χ2v) is 10.9. The Hall–Kier alpha value is -5.25. The van der Waals surface area contributed by atoms with E-state index in [1.54, 1.807) is 0 Å². The summed E-state index contributed by atoms with van der Waals surface area (Å²) in [5.74, 6) is -1.50. The first-order chi connectivity index (χ1) is 22.0. The number of carbonyl (C=O) groups is 2. The van der Waals surface area contributed by atoms with Gasteiger partial charge in [0.1, 0.15) is 6.04 Å². The minimum Gasteiger partial charge on any atom is -0.449 e. The fourth-order valence-corrected chi connectivity index (χ4v) is 6.20. The highest BCUT2D eigenvalue weighted by Crippen LogP contribution is 2.44. The smallest absolute Gasteiger partial charge is 0.420 e.